The van der Waals surface area contributed by atoms with Crippen LogP contribution in [0.15, 0.2) is 37.1 Å². The van der Waals surface area contributed by atoms with Gasteiger partial charge in [0.25, 0.3) is 0 Å². The van der Waals surface area contributed by atoms with Crippen LogP contribution in [0, 0.1) is 5.82 Å². The van der Waals surface area contributed by atoms with Crippen LogP contribution in [0.3, 0.4) is 0 Å². The first-order valence-electron chi connectivity index (χ1n) is 6.90. The third-order valence-electron chi connectivity index (χ3n) is 3.37. The molecule has 0 aliphatic heterocycles. The molecule has 1 unspecified atom stereocenters. The van der Waals surface area contributed by atoms with Crippen LogP contribution in [0.25, 0.3) is 10.9 Å². The maximum absolute atomic E-state index is 13.1. The molecule has 0 spiro atoms. The number of carboxylic acids is 1. The Morgan fingerprint density at radius 1 is 1.45 bits per heavy atom. The molecule has 0 saturated heterocycles. The molecule has 1 atom stereocenters. The minimum atomic E-state index is -1.07. The fourth-order valence-corrected chi connectivity index (χ4v) is 2.27. The molecule has 1 heterocycles. The van der Waals surface area contributed by atoms with Gasteiger partial charge in [0.05, 0.1) is 6.42 Å². The van der Waals surface area contributed by atoms with E-state index in [0.717, 1.165) is 5.39 Å². The van der Waals surface area contributed by atoms with E-state index in [0.29, 0.717) is 23.9 Å². The first kappa shape index (κ1) is 15.8. The van der Waals surface area contributed by atoms with E-state index < -0.39 is 12.0 Å². The molecule has 0 saturated carbocycles. The average molecular weight is 304 g/mol. The fraction of sp³-hybridized carbons (Fsp3) is 0.250. The predicted octanol–water partition coefficient (Wildman–Crippen LogP) is 2.39. The third kappa shape index (κ3) is 3.72. The molecule has 22 heavy (non-hydrogen) atoms. The molecule has 0 bridgehead atoms. The number of nitrogens with one attached hydrogen (secondary N) is 2. The Kier molecular flexibility index (Phi) is 4.93. The molecule has 0 aliphatic rings. The molecule has 2 rings (SSSR count). The monoisotopic (exact) mass is 304 g/mol. The van der Waals surface area contributed by atoms with Crippen molar-refractivity contribution >= 4 is 22.8 Å². The lowest BCUT2D eigenvalue weighted by molar-refractivity contribution is -0.141. The largest absolute Gasteiger partial charge is 0.480 e. The number of benzene rings is 1. The summed E-state index contributed by atoms with van der Waals surface area (Å²) in [5, 5.41) is 12.3. The van der Waals surface area contributed by atoms with E-state index in [1.54, 1.807) is 18.3 Å². The van der Waals surface area contributed by atoms with Crippen LogP contribution in [-0.4, -0.2) is 28.0 Å². The van der Waals surface area contributed by atoms with E-state index in [1.807, 2.05) is 0 Å². The molecular weight excluding hydrogens is 287 g/mol. The number of amides is 1. The van der Waals surface area contributed by atoms with Crippen LogP contribution in [0.5, 0.6) is 0 Å². The lowest BCUT2D eigenvalue weighted by Gasteiger charge is -2.13. The Morgan fingerprint density at radius 2 is 2.23 bits per heavy atom. The number of halogens is 1. The van der Waals surface area contributed by atoms with Crippen LogP contribution >= 0.6 is 0 Å². The number of carbonyl (C=O) groups excluding carboxylic acids is 1. The van der Waals surface area contributed by atoms with Gasteiger partial charge in [0, 0.05) is 17.1 Å². The van der Waals surface area contributed by atoms with Crippen LogP contribution < -0.4 is 5.32 Å². The van der Waals surface area contributed by atoms with Crippen molar-refractivity contribution in [3.05, 3.63) is 48.4 Å². The first-order chi connectivity index (χ1) is 10.5. The average Bonchev–Trinajstić information content (AvgIpc) is 2.85. The smallest absolute Gasteiger partial charge is 0.326 e. The Morgan fingerprint density at radius 3 is 2.91 bits per heavy atom. The lowest BCUT2D eigenvalue weighted by atomic mass is 10.1. The fourth-order valence-electron chi connectivity index (χ4n) is 2.27. The number of aromatic amines is 1. The number of H-pyrrole nitrogens is 1. The van der Waals surface area contributed by atoms with E-state index in [-0.39, 0.29) is 18.1 Å². The molecule has 5 nitrogen and oxygen atoms in total. The summed E-state index contributed by atoms with van der Waals surface area (Å²) in [5.74, 6) is -1.82. The molecule has 1 aromatic heterocycles. The number of aliphatic carboxylic acids is 1. The highest BCUT2D eigenvalue weighted by molar-refractivity contribution is 5.90. The van der Waals surface area contributed by atoms with Gasteiger partial charge in [-0.25, -0.2) is 9.18 Å². The van der Waals surface area contributed by atoms with Crippen molar-refractivity contribution in [2.75, 3.05) is 0 Å². The molecule has 1 amide bonds. The Labute approximate surface area is 126 Å². The number of carbonyl (C=O) groups is 2. The van der Waals surface area contributed by atoms with Gasteiger partial charge < -0.3 is 15.4 Å². The van der Waals surface area contributed by atoms with Crippen molar-refractivity contribution in [3.8, 4) is 0 Å². The van der Waals surface area contributed by atoms with Crippen molar-refractivity contribution in [1.82, 2.24) is 10.3 Å². The van der Waals surface area contributed by atoms with E-state index >= 15 is 0 Å². The predicted molar refractivity (Wildman–Crippen MR) is 81.0 cm³/mol. The highest BCUT2D eigenvalue weighted by atomic mass is 19.1. The summed E-state index contributed by atoms with van der Waals surface area (Å²) in [6.45, 7) is 3.53. The molecule has 3 N–H and O–H groups in total. The maximum Gasteiger partial charge on any atom is 0.326 e. The zero-order valence-electron chi connectivity index (χ0n) is 11.9. The molecule has 0 radical (unpaired) electrons. The van der Waals surface area contributed by atoms with Gasteiger partial charge in [0.2, 0.25) is 5.91 Å². The zero-order valence-corrected chi connectivity index (χ0v) is 11.9. The van der Waals surface area contributed by atoms with E-state index in [4.69, 9.17) is 5.11 Å². The Hall–Kier alpha value is -2.63. The normalized spacial score (nSPS) is 12.0. The summed E-state index contributed by atoms with van der Waals surface area (Å²) in [5.41, 5.74) is 1.30. The van der Waals surface area contributed by atoms with Gasteiger partial charge in [0.15, 0.2) is 0 Å². The highest BCUT2D eigenvalue weighted by Crippen LogP contribution is 2.19. The molecule has 6 heteroatoms. The minimum absolute atomic E-state index is 0.0313. The van der Waals surface area contributed by atoms with Gasteiger partial charge in [-0.2, -0.15) is 0 Å². The topological polar surface area (TPSA) is 82.2 Å². The summed E-state index contributed by atoms with van der Waals surface area (Å²) in [4.78, 5) is 26.0. The first-order valence-corrected chi connectivity index (χ1v) is 6.90. The molecule has 1 aromatic carbocycles. The lowest BCUT2D eigenvalue weighted by Crippen LogP contribution is -2.41. The number of rotatable bonds is 7. The second kappa shape index (κ2) is 6.89. The van der Waals surface area contributed by atoms with Crippen molar-refractivity contribution in [1.29, 1.82) is 0 Å². The Balaban J connectivity index is 2.06. The van der Waals surface area contributed by atoms with Gasteiger partial charge in [-0.05, 0) is 36.6 Å². The van der Waals surface area contributed by atoms with Crippen molar-refractivity contribution < 1.29 is 19.1 Å². The summed E-state index contributed by atoms with van der Waals surface area (Å²) in [6.07, 6.45) is 4.07. The van der Waals surface area contributed by atoms with Crippen molar-refractivity contribution in [2.45, 2.75) is 25.3 Å². The van der Waals surface area contributed by atoms with Crippen LogP contribution in [0.1, 0.15) is 18.4 Å². The van der Waals surface area contributed by atoms with Gasteiger partial charge in [-0.3, -0.25) is 4.79 Å². The second-order valence-electron chi connectivity index (χ2n) is 5.00. The van der Waals surface area contributed by atoms with Gasteiger partial charge >= 0.3 is 5.97 Å². The summed E-state index contributed by atoms with van der Waals surface area (Å²) >= 11 is 0. The second-order valence-corrected chi connectivity index (χ2v) is 5.00. The zero-order chi connectivity index (χ0) is 16.1. The molecular formula is C16H17FN2O3. The van der Waals surface area contributed by atoms with E-state index in [1.165, 1.54) is 12.1 Å². The van der Waals surface area contributed by atoms with E-state index in [2.05, 4.69) is 16.9 Å². The summed E-state index contributed by atoms with van der Waals surface area (Å²) < 4.78 is 13.1. The molecule has 116 valence electrons. The number of aromatic nitrogens is 1. The number of carboxylic acid groups (broad SMARTS) is 1. The van der Waals surface area contributed by atoms with Crippen LogP contribution in [-0.2, 0) is 16.0 Å². The summed E-state index contributed by atoms with van der Waals surface area (Å²) in [7, 11) is 0. The Bertz CT molecular complexity index is 708. The van der Waals surface area contributed by atoms with Crippen molar-refractivity contribution in [2.24, 2.45) is 0 Å². The number of hydrogen-bond donors (Lipinski definition) is 3. The van der Waals surface area contributed by atoms with E-state index in [9.17, 15) is 14.0 Å². The minimum Gasteiger partial charge on any atom is -0.480 e. The van der Waals surface area contributed by atoms with Gasteiger partial charge in [-0.15, -0.1) is 6.58 Å². The van der Waals surface area contributed by atoms with Crippen molar-refractivity contribution in [3.63, 3.8) is 0 Å². The van der Waals surface area contributed by atoms with Gasteiger partial charge in [-0.1, -0.05) is 6.08 Å². The van der Waals surface area contributed by atoms with Gasteiger partial charge in [0.1, 0.15) is 11.9 Å². The molecule has 0 fully saturated rings. The number of allylic oxidation sites excluding steroid dienone is 1. The quantitative estimate of drug-likeness (QED) is 0.687. The number of fused-ring (bicyclic) bond motifs is 1. The number of hydrogen-bond acceptors (Lipinski definition) is 2. The third-order valence-corrected chi connectivity index (χ3v) is 3.37. The highest BCUT2D eigenvalue weighted by Gasteiger charge is 2.19. The molecule has 0 aliphatic carbocycles. The van der Waals surface area contributed by atoms with Crippen LogP contribution in [0.2, 0.25) is 0 Å². The maximum atomic E-state index is 13.1. The molecule has 2 aromatic rings. The standard InChI is InChI=1S/C16H17FN2O3/c1-2-3-4-13(16(21)22)19-15(20)7-10-9-18-14-8-11(17)5-6-12(10)14/h2,5-6,8-9,13,18H,1,3-4,7H2,(H,19,20)(H,21,22). The summed E-state index contributed by atoms with van der Waals surface area (Å²) in [6, 6.07) is 3.33. The van der Waals surface area contributed by atoms with Crippen LogP contribution in [0.4, 0.5) is 4.39 Å². The SMILES string of the molecule is C=CCCC(NC(=O)Cc1c[nH]c2cc(F)ccc12)C(=O)O.